The molecule has 0 aromatic carbocycles. The summed E-state index contributed by atoms with van der Waals surface area (Å²) in [6, 6.07) is 0. The SMILES string of the molecule is C[S+]([O-])c1c(Br)sc(Br)c1[S+](C)[O-]. The normalized spacial score (nSPS) is 15.8. The molecule has 1 rings (SSSR count). The topological polar surface area (TPSA) is 46.1 Å². The van der Waals surface area contributed by atoms with Crippen LogP contribution in [0.5, 0.6) is 0 Å². The van der Waals surface area contributed by atoms with E-state index in [0.29, 0.717) is 9.79 Å². The monoisotopic (exact) mass is 364 g/mol. The molecule has 0 fully saturated rings. The van der Waals surface area contributed by atoms with E-state index in [0.717, 1.165) is 7.57 Å². The van der Waals surface area contributed by atoms with E-state index < -0.39 is 22.4 Å². The van der Waals surface area contributed by atoms with Crippen LogP contribution in [0.4, 0.5) is 0 Å². The van der Waals surface area contributed by atoms with Crippen LogP contribution in [-0.4, -0.2) is 21.6 Å². The van der Waals surface area contributed by atoms with Crippen LogP contribution in [0.15, 0.2) is 17.4 Å². The molecule has 0 saturated carbocycles. The largest absolute Gasteiger partial charge is 0.611 e. The van der Waals surface area contributed by atoms with Gasteiger partial charge >= 0.3 is 0 Å². The molecule has 74 valence electrons. The van der Waals surface area contributed by atoms with Crippen molar-refractivity contribution in [2.45, 2.75) is 9.79 Å². The molecule has 2 unspecified atom stereocenters. The smallest absolute Gasteiger partial charge is 0.233 e. The number of rotatable bonds is 2. The molecule has 0 saturated heterocycles. The van der Waals surface area contributed by atoms with Crippen molar-refractivity contribution >= 4 is 65.5 Å². The van der Waals surface area contributed by atoms with E-state index in [1.54, 1.807) is 12.5 Å². The second kappa shape index (κ2) is 4.87. The zero-order chi connectivity index (χ0) is 10.2. The van der Waals surface area contributed by atoms with Gasteiger partial charge in [0.15, 0.2) is 0 Å². The Balaban J connectivity index is 3.29. The maximum atomic E-state index is 11.3. The summed E-state index contributed by atoms with van der Waals surface area (Å²) in [4.78, 5) is 1.27. The van der Waals surface area contributed by atoms with Crippen molar-refractivity contribution in [2.24, 2.45) is 0 Å². The van der Waals surface area contributed by atoms with Crippen LogP contribution < -0.4 is 0 Å². The van der Waals surface area contributed by atoms with E-state index in [9.17, 15) is 9.11 Å². The van der Waals surface area contributed by atoms with E-state index in [1.807, 2.05) is 0 Å². The van der Waals surface area contributed by atoms with Gasteiger partial charge in [-0.1, -0.05) is 0 Å². The Kier molecular flexibility index (Phi) is 4.63. The van der Waals surface area contributed by atoms with E-state index in [2.05, 4.69) is 31.9 Å². The van der Waals surface area contributed by atoms with Gasteiger partial charge in [-0.05, 0) is 54.2 Å². The maximum absolute atomic E-state index is 11.3. The van der Waals surface area contributed by atoms with Crippen LogP contribution in [0.2, 0.25) is 0 Å². The lowest BCUT2D eigenvalue weighted by molar-refractivity contribution is 0.589. The molecule has 2 atom stereocenters. The van der Waals surface area contributed by atoms with Gasteiger partial charge in [0.25, 0.3) is 0 Å². The number of hydrogen-bond acceptors (Lipinski definition) is 3. The highest BCUT2D eigenvalue weighted by Gasteiger charge is 2.29. The Morgan fingerprint density at radius 1 is 1.00 bits per heavy atom. The molecule has 0 spiro atoms. The first kappa shape index (κ1) is 12.4. The molecule has 1 heterocycles. The van der Waals surface area contributed by atoms with Gasteiger partial charge in [-0.3, -0.25) is 0 Å². The van der Waals surface area contributed by atoms with Gasteiger partial charge in [-0.15, -0.1) is 11.3 Å². The Hall–Kier alpha value is 1.28. The zero-order valence-electron chi connectivity index (χ0n) is 6.80. The lowest BCUT2D eigenvalue weighted by Gasteiger charge is -2.07. The minimum absolute atomic E-state index is 0.637. The zero-order valence-corrected chi connectivity index (χ0v) is 12.4. The molecule has 7 heteroatoms. The molecule has 1 aromatic heterocycles. The molecule has 0 radical (unpaired) electrons. The van der Waals surface area contributed by atoms with Crippen LogP contribution >= 0.6 is 43.2 Å². The van der Waals surface area contributed by atoms with Crippen LogP contribution in [0.1, 0.15) is 0 Å². The van der Waals surface area contributed by atoms with E-state index in [4.69, 9.17) is 0 Å². The lowest BCUT2D eigenvalue weighted by atomic mass is 10.7. The Labute approximate surface area is 104 Å². The summed E-state index contributed by atoms with van der Waals surface area (Å²) in [5.41, 5.74) is 0. The number of thiophene rings is 1. The minimum atomic E-state index is -1.11. The Morgan fingerprint density at radius 3 is 1.54 bits per heavy atom. The first-order valence-corrected chi connectivity index (χ1v) is 8.61. The molecule has 0 N–H and O–H groups in total. The standard InChI is InChI=1S/C6H6Br2O2S3/c1-12(9)3-4(13(2)10)6(8)11-5(3)7/h1-2H3. The summed E-state index contributed by atoms with van der Waals surface area (Å²) in [6.07, 6.45) is 3.16. The summed E-state index contributed by atoms with van der Waals surface area (Å²) in [6.45, 7) is 0. The Morgan fingerprint density at radius 2 is 1.31 bits per heavy atom. The third-order valence-corrected chi connectivity index (χ3v) is 6.73. The summed E-state index contributed by atoms with van der Waals surface area (Å²) < 4.78 is 24.2. The average molecular weight is 366 g/mol. The fourth-order valence-electron chi connectivity index (χ4n) is 0.837. The Bertz CT molecular complexity index is 283. The fraction of sp³-hybridized carbons (Fsp3) is 0.333. The number of halogens is 2. The van der Waals surface area contributed by atoms with Gasteiger partial charge in [-0.2, -0.15) is 0 Å². The van der Waals surface area contributed by atoms with Gasteiger partial charge in [-0.25, -0.2) is 0 Å². The van der Waals surface area contributed by atoms with Crippen molar-refractivity contribution < 1.29 is 9.11 Å². The third kappa shape index (κ3) is 2.64. The predicted molar refractivity (Wildman–Crippen MR) is 64.4 cm³/mol. The van der Waals surface area contributed by atoms with Crippen molar-refractivity contribution in [3.63, 3.8) is 0 Å². The molecular weight excluding hydrogens is 360 g/mol. The molecule has 0 aliphatic carbocycles. The van der Waals surface area contributed by atoms with E-state index >= 15 is 0 Å². The van der Waals surface area contributed by atoms with Gasteiger partial charge < -0.3 is 9.11 Å². The van der Waals surface area contributed by atoms with Gasteiger partial charge in [0, 0.05) is 0 Å². The summed E-state index contributed by atoms with van der Waals surface area (Å²) in [7, 11) is 0. The van der Waals surface area contributed by atoms with Crippen molar-refractivity contribution in [3.05, 3.63) is 7.57 Å². The second-order valence-electron chi connectivity index (χ2n) is 2.22. The van der Waals surface area contributed by atoms with E-state index in [1.165, 1.54) is 11.3 Å². The lowest BCUT2D eigenvalue weighted by Crippen LogP contribution is -2.05. The third-order valence-electron chi connectivity index (χ3n) is 1.32. The first-order valence-electron chi connectivity index (χ1n) is 3.09. The van der Waals surface area contributed by atoms with Crippen molar-refractivity contribution in [1.29, 1.82) is 0 Å². The maximum Gasteiger partial charge on any atom is 0.233 e. The molecule has 0 bridgehead atoms. The van der Waals surface area contributed by atoms with Crippen LogP contribution in [0, 0.1) is 0 Å². The van der Waals surface area contributed by atoms with Crippen molar-refractivity contribution in [3.8, 4) is 0 Å². The number of hydrogen-bond donors (Lipinski definition) is 0. The van der Waals surface area contributed by atoms with Gasteiger partial charge in [0.1, 0.15) is 20.1 Å². The predicted octanol–water partition coefficient (Wildman–Crippen LogP) is 2.75. The molecular formula is C6H6Br2O2S3. The van der Waals surface area contributed by atoms with Crippen LogP contribution in [0.3, 0.4) is 0 Å². The quantitative estimate of drug-likeness (QED) is 0.756. The summed E-state index contributed by atoms with van der Waals surface area (Å²) in [5, 5.41) is 0. The van der Waals surface area contributed by atoms with E-state index in [-0.39, 0.29) is 0 Å². The molecule has 0 amide bonds. The fourth-order valence-corrected chi connectivity index (χ4v) is 8.00. The van der Waals surface area contributed by atoms with Gasteiger partial charge in [0.2, 0.25) is 9.79 Å². The van der Waals surface area contributed by atoms with Crippen molar-refractivity contribution in [2.75, 3.05) is 12.5 Å². The first-order chi connectivity index (χ1) is 5.95. The molecule has 2 nitrogen and oxygen atoms in total. The van der Waals surface area contributed by atoms with Crippen LogP contribution in [0.25, 0.3) is 0 Å². The molecule has 1 aromatic rings. The molecule has 13 heavy (non-hydrogen) atoms. The highest BCUT2D eigenvalue weighted by molar-refractivity contribution is 9.12. The second-order valence-corrected chi connectivity index (χ2v) is 8.51. The average Bonchev–Trinajstić information content (AvgIpc) is 2.24. The molecule has 0 aliphatic rings. The summed E-state index contributed by atoms with van der Waals surface area (Å²) in [5.74, 6) is 0. The van der Waals surface area contributed by atoms with Crippen molar-refractivity contribution in [1.82, 2.24) is 0 Å². The minimum Gasteiger partial charge on any atom is -0.611 e. The van der Waals surface area contributed by atoms with Gasteiger partial charge in [0.05, 0.1) is 0 Å². The van der Waals surface area contributed by atoms with Crippen LogP contribution in [-0.2, 0) is 22.4 Å². The summed E-state index contributed by atoms with van der Waals surface area (Å²) >= 11 is 5.77. The highest BCUT2D eigenvalue weighted by atomic mass is 79.9. The molecule has 0 aliphatic heterocycles. The highest BCUT2D eigenvalue weighted by Crippen LogP contribution is 2.42.